The molecule has 0 aliphatic carbocycles. The van der Waals surface area contributed by atoms with Crippen LogP contribution in [0.25, 0.3) is 0 Å². The van der Waals surface area contributed by atoms with Gasteiger partial charge in [-0.15, -0.1) is 11.3 Å². The van der Waals surface area contributed by atoms with E-state index in [2.05, 4.69) is 29.5 Å². The van der Waals surface area contributed by atoms with Gasteiger partial charge in [0.05, 0.1) is 5.38 Å². The van der Waals surface area contributed by atoms with Crippen LogP contribution in [-0.4, -0.2) is 0 Å². The van der Waals surface area contributed by atoms with Crippen LogP contribution < -0.4 is 0 Å². The molecule has 0 aliphatic heterocycles. The number of hydrogen-bond acceptors (Lipinski definition) is 1. The van der Waals surface area contributed by atoms with Crippen molar-refractivity contribution in [2.75, 3.05) is 0 Å². The molecule has 2 radical (unpaired) electrons. The summed E-state index contributed by atoms with van der Waals surface area (Å²) in [4.78, 5) is 0. The Bertz CT molecular complexity index is 313. The fraction of sp³-hybridized carbons (Fsp3) is 0.625. The van der Waals surface area contributed by atoms with Gasteiger partial charge >= 0.3 is 0 Å². The van der Waals surface area contributed by atoms with Gasteiger partial charge in [-0.25, -0.2) is 0 Å². The molecule has 0 unspecified atom stereocenters. The van der Waals surface area contributed by atoms with E-state index in [9.17, 15) is 0 Å². The molecule has 1 heteroatoms. The van der Waals surface area contributed by atoms with Gasteiger partial charge in [0.25, 0.3) is 0 Å². The van der Waals surface area contributed by atoms with Crippen LogP contribution >= 0.6 is 11.3 Å². The summed E-state index contributed by atoms with van der Waals surface area (Å²) < 4.78 is 0. The molecule has 0 nitrogen and oxygen atoms in total. The van der Waals surface area contributed by atoms with E-state index < -0.39 is 0 Å². The predicted octanol–water partition coefficient (Wildman–Crippen LogP) is 5.23. The molecule has 0 aromatic carbocycles. The molecular formula is C16H22S. The Morgan fingerprint density at radius 3 is 2.41 bits per heavy atom. The second-order valence-corrected chi connectivity index (χ2v) is 5.05. The van der Waals surface area contributed by atoms with E-state index in [0.29, 0.717) is 0 Å². The standard InChI is InChI=1S/C16H22S/c1-2-3-4-5-6-7-8-9-10-11-12-16-13-14-17-15-16/h13H,2-10H2,1H3. The molecular weight excluding hydrogens is 224 g/mol. The first kappa shape index (κ1) is 14.3. The highest BCUT2D eigenvalue weighted by Gasteiger charge is 1.90. The van der Waals surface area contributed by atoms with E-state index in [1.807, 2.05) is 6.07 Å². The van der Waals surface area contributed by atoms with Crippen LogP contribution in [-0.2, 0) is 0 Å². The van der Waals surface area contributed by atoms with Crippen molar-refractivity contribution in [2.24, 2.45) is 0 Å². The Balaban J connectivity index is 1.88. The zero-order valence-electron chi connectivity index (χ0n) is 10.8. The Labute approximate surface area is 110 Å². The average molecular weight is 246 g/mol. The zero-order valence-corrected chi connectivity index (χ0v) is 11.7. The summed E-state index contributed by atoms with van der Waals surface area (Å²) in [7, 11) is 0. The lowest BCUT2D eigenvalue weighted by Crippen LogP contribution is -1.80. The maximum atomic E-state index is 3.20. The van der Waals surface area contributed by atoms with Crippen LogP contribution in [0, 0.1) is 22.6 Å². The second kappa shape index (κ2) is 10.4. The molecule has 0 bridgehead atoms. The highest BCUT2D eigenvalue weighted by molar-refractivity contribution is 7.07. The largest absolute Gasteiger partial charge is 0.132 e. The summed E-state index contributed by atoms with van der Waals surface area (Å²) in [5.41, 5.74) is 0.995. The van der Waals surface area contributed by atoms with E-state index in [4.69, 9.17) is 0 Å². The SMILES string of the molecule is CCCCCCCCCCC#Cc1[c]s[c]c1. The van der Waals surface area contributed by atoms with Crippen LogP contribution in [0.3, 0.4) is 0 Å². The van der Waals surface area contributed by atoms with Crippen molar-refractivity contribution in [3.63, 3.8) is 0 Å². The van der Waals surface area contributed by atoms with Crippen LogP contribution in [0.1, 0.15) is 70.3 Å². The molecule has 0 aliphatic rings. The number of hydrogen-bond donors (Lipinski definition) is 0. The normalized spacial score (nSPS) is 9.94. The van der Waals surface area contributed by atoms with Gasteiger partial charge < -0.3 is 0 Å². The first-order valence-electron chi connectivity index (χ1n) is 6.80. The number of unbranched alkanes of at least 4 members (excludes halogenated alkanes) is 8. The van der Waals surface area contributed by atoms with Crippen LogP contribution in [0.15, 0.2) is 6.07 Å². The molecule has 1 aromatic rings. The Hall–Kier alpha value is -0.740. The Kier molecular flexibility index (Phi) is 8.78. The van der Waals surface area contributed by atoms with Gasteiger partial charge in [0.15, 0.2) is 0 Å². The van der Waals surface area contributed by atoms with Gasteiger partial charge in [-0.3, -0.25) is 0 Å². The highest BCUT2D eigenvalue weighted by Crippen LogP contribution is 2.09. The van der Waals surface area contributed by atoms with Crippen LogP contribution in [0.5, 0.6) is 0 Å². The summed E-state index contributed by atoms with van der Waals surface area (Å²) in [6.45, 7) is 2.27. The molecule has 92 valence electrons. The van der Waals surface area contributed by atoms with Gasteiger partial charge in [0.2, 0.25) is 0 Å². The molecule has 1 heterocycles. The summed E-state index contributed by atoms with van der Waals surface area (Å²) in [6.07, 6.45) is 12.0. The molecule has 1 aromatic heterocycles. The third-order valence-electron chi connectivity index (χ3n) is 2.80. The minimum Gasteiger partial charge on any atom is -0.132 e. The average Bonchev–Trinajstić information content (AvgIpc) is 2.85. The first-order valence-corrected chi connectivity index (χ1v) is 7.61. The third-order valence-corrected chi connectivity index (χ3v) is 3.36. The fourth-order valence-electron chi connectivity index (χ4n) is 1.77. The van der Waals surface area contributed by atoms with Gasteiger partial charge in [0.1, 0.15) is 0 Å². The maximum absolute atomic E-state index is 3.20. The van der Waals surface area contributed by atoms with Crippen molar-refractivity contribution in [2.45, 2.75) is 64.7 Å². The molecule has 0 amide bonds. The van der Waals surface area contributed by atoms with Crippen molar-refractivity contribution in [3.8, 4) is 11.8 Å². The topological polar surface area (TPSA) is 0 Å². The molecule has 0 atom stereocenters. The van der Waals surface area contributed by atoms with Crippen molar-refractivity contribution in [1.29, 1.82) is 0 Å². The quantitative estimate of drug-likeness (QED) is 0.435. The van der Waals surface area contributed by atoms with Gasteiger partial charge in [0, 0.05) is 17.4 Å². The zero-order chi connectivity index (χ0) is 12.2. The summed E-state index contributed by atoms with van der Waals surface area (Å²) in [5.74, 6) is 6.32. The highest BCUT2D eigenvalue weighted by atomic mass is 32.1. The van der Waals surface area contributed by atoms with Crippen LogP contribution in [0.2, 0.25) is 0 Å². The number of thiophene rings is 1. The number of rotatable bonds is 8. The van der Waals surface area contributed by atoms with E-state index in [1.54, 1.807) is 0 Å². The Morgan fingerprint density at radius 2 is 1.76 bits per heavy atom. The molecule has 1 rings (SSSR count). The molecule has 0 fully saturated rings. The van der Waals surface area contributed by atoms with Gasteiger partial charge in [-0.2, -0.15) is 0 Å². The fourth-order valence-corrected chi connectivity index (χ4v) is 2.22. The molecule has 0 N–H and O–H groups in total. The molecule has 17 heavy (non-hydrogen) atoms. The van der Waals surface area contributed by atoms with Crippen LogP contribution in [0.4, 0.5) is 0 Å². The monoisotopic (exact) mass is 246 g/mol. The second-order valence-electron chi connectivity index (χ2n) is 4.41. The maximum Gasteiger partial charge on any atom is 0.0618 e. The van der Waals surface area contributed by atoms with Gasteiger partial charge in [-0.1, -0.05) is 63.7 Å². The van der Waals surface area contributed by atoms with Crippen molar-refractivity contribution < 1.29 is 0 Å². The lowest BCUT2D eigenvalue weighted by Gasteiger charge is -1.99. The third kappa shape index (κ3) is 8.05. The summed E-state index contributed by atoms with van der Waals surface area (Å²) in [5, 5.41) is 6.08. The molecule has 0 saturated heterocycles. The van der Waals surface area contributed by atoms with E-state index in [-0.39, 0.29) is 0 Å². The summed E-state index contributed by atoms with van der Waals surface area (Å²) >= 11 is 1.47. The Morgan fingerprint density at radius 1 is 1.06 bits per heavy atom. The van der Waals surface area contributed by atoms with Crippen molar-refractivity contribution in [3.05, 3.63) is 22.4 Å². The minimum absolute atomic E-state index is 0.995. The van der Waals surface area contributed by atoms with E-state index >= 15 is 0 Å². The van der Waals surface area contributed by atoms with E-state index in [1.165, 1.54) is 62.7 Å². The lowest BCUT2D eigenvalue weighted by molar-refractivity contribution is 0.579. The van der Waals surface area contributed by atoms with E-state index in [0.717, 1.165) is 12.0 Å². The lowest BCUT2D eigenvalue weighted by atomic mass is 10.1. The first-order chi connectivity index (χ1) is 8.43. The van der Waals surface area contributed by atoms with Crippen molar-refractivity contribution in [1.82, 2.24) is 0 Å². The summed E-state index contributed by atoms with van der Waals surface area (Å²) in [6, 6.07) is 1.91. The smallest absolute Gasteiger partial charge is 0.0618 e. The van der Waals surface area contributed by atoms with Gasteiger partial charge in [-0.05, 0) is 12.5 Å². The minimum atomic E-state index is 0.995. The molecule has 0 spiro atoms. The van der Waals surface area contributed by atoms with Crippen molar-refractivity contribution >= 4 is 11.3 Å². The molecule has 0 saturated carbocycles. The predicted molar refractivity (Wildman–Crippen MR) is 76.1 cm³/mol.